The van der Waals surface area contributed by atoms with Crippen LogP contribution in [-0.4, -0.2) is 252 Å². The normalized spacial score (nSPS) is 27.7. The molecule has 0 aromatic heterocycles. The minimum absolute atomic E-state index is 0. The van der Waals surface area contributed by atoms with Crippen molar-refractivity contribution in [3.8, 4) is 0 Å². The van der Waals surface area contributed by atoms with Crippen LogP contribution in [0.3, 0.4) is 0 Å². The number of aliphatic hydroxyl groups is 10. The molecule has 13 N–H and O–H groups in total. The van der Waals surface area contributed by atoms with E-state index in [9.17, 15) is 73.6 Å². The van der Waals surface area contributed by atoms with Gasteiger partial charge in [0.1, 0.15) is 30.2 Å². The number of hydrogen-bond acceptors (Lipinski definition) is 26. The average Bonchev–Trinajstić information content (AvgIpc) is 0.932. The van der Waals surface area contributed by atoms with Crippen LogP contribution in [0, 0.1) is 30.3 Å². The number of ether oxygens (including phenoxy) is 4. The van der Waals surface area contributed by atoms with E-state index >= 15 is 0 Å². The van der Waals surface area contributed by atoms with Gasteiger partial charge in [-0.1, -0.05) is 33.1 Å². The molecule has 94 heavy (non-hydrogen) atoms. The predicted octanol–water partition coefficient (Wildman–Crippen LogP) is 1.71. The fourth-order valence-electron chi connectivity index (χ4n) is 11.4. The molecule has 3 heterocycles. The molecule has 0 bridgehead atoms. The van der Waals surface area contributed by atoms with Gasteiger partial charge in [0, 0.05) is 151 Å². The second-order valence-corrected chi connectivity index (χ2v) is 26.6. The summed E-state index contributed by atoms with van der Waals surface area (Å²) in [5.41, 5.74) is 0. The number of aliphatic hydroxyl groups excluding tert-OH is 10. The van der Waals surface area contributed by atoms with Crippen molar-refractivity contribution < 1.29 is 159 Å². The van der Waals surface area contributed by atoms with E-state index in [2.05, 4.69) is 22.6 Å². The zero-order valence-corrected chi connectivity index (χ0v) is 61.1. The van der Waals surface area contributed by atoms with Gasteiger partial charge < -0.3 is 109 Å². The first-order valence-corrected chi connectivity index (χ1v) is 35.6. The minimum atomic E-state index is -3.60. The van der Waals surface area contributed by atoms with Crippen LogP contribution in [0.5, 0.6) is 0 Å². The second kappa shape index (κ2) is 53.0. The Morgan fingerprint density at radius 2 is 1.16 bits per heavy atom. The third-order valence-corrected chi connectivity index (χ3v) is 18.8. The summed E-state index contributed by atoms with van der Waals surface area (Å²) in [6.45, 7) is 8.41. The maximum absolute atomic E-state index is 13.7. The van der Waals surface area contributed by atoms with Crippen molar-refractivity contribution >= 4 is 51.0 Å². The molecule has 0 aromatic carbocycles. The first-order chi connectivity index (χ1) is 44.5. The first-order valence-electron chi connectivity index (χ1n) is 32.6. The van der Waals surface area contributed by atoms with Gasteiger partial charge in [0.15, 0.2) is 26.0 Å². The van der Waals surface area contributed by atoms with Crippen LogP contribution in [-0.2, 0) is 108 Å². The number of Topliss-reactive ketones (excluding diaryl/α,β-unsaturated/α-hetero) is 2. The number of ketones is 2. The second-order valence-electron chi connectivity index (χ2n) is 23.7. The van der Waals surface area contributed by atoms with Crippen LogP contribution in [0.1, 0.15) is 162 Å². The molecule has 1 radical (unpaired) electrons. The first kappa shape index (κ1) is 92.1. The Balaban J connectivity index is 0.0000120. The molecule has 18 atom stereocenters. The van der Waals surface area contributed by atoms with E-state index < -0.39 is 126 Å². The molecule has 15 unspecified atom stereocenters. The summed E-state index contributed by atoms with van der Waals surface area (Å²) in [7, 11) is -2.51. The number of unbranched alkanes of at least 4 members (excludes halogenated alkanes) is 8. The van der Waals surface area contributed by atoms with Gasteiger partial charge in [0.2, 0.25) is 23.6 Å². The predicted molar refractivity (Wildman–Crippen MR) is 340 cm³/mol. The summed E-state index contributed by atoms with van der Waals surface area (Å²) in [5.74, 6) is -3.01. The van der Waals surface area contributed by atoms with Crippen LogP contribution in [0.4, 0.5) is 0 Å². The van der Waals surface area contributed by atoms with E-state index in [1.807, 2.05) is 0 Å². The van der Waals surface area contributed by atoms with Gasteiger partial charge in [-0.05, 0) is 95.8 Å². The molecule has 4 fully saturated rings. The molecule has 1 aliphatic carbocycles. The zero-order chi connectivity index (χ0) is 70.1. The molecular weight excluding hydrogens is 1360 g/mol. The van der Waals surface area contributed by atoms with Gasteiger partial charge in [0.25, 0.3) is 0 Å². The zero-order valence-electron chi connectivity index (χ0n) is 56.3. The number of β-amino-alcohol motifs (C(OH)–C–C–N with tert-alkyl or cyclic N) is 1. The Morgan fingerprint density at radius 1 is 0.649 bits per heavy atom. The standard InChI is InChI=1S/C58H103N4O23P2.3CH4O.Y/c1-37-53(72)55(74)48(33-63)83-57(37)79-27-17-13-22-50(69)60-26-16-12-19-45(61-51(70)23-14-18-28-80-58-38(2)54(73)56(75)49(34-64)84-58)47(68)21-9-6-7-11-24-52(71)62-32-42(66)30-41(62)36-81-86(76)85-43-29-40(35-82-87(5,77)78-4)44(31-43)46(67)20-10-8-15-25-59-39(3)65;3*1-2;/h37-38,40-45,48-49,53-58,63-64,66,72-75,86H,5-36H2,1-4H3,(H,59,65)(H,60,69)(H,61,70);3*2H,1H3;/q-1;;;;/t37?,38?,40-,41?,42+,43?,44?,45-,48?,49?,53?,54?,55?,56?,57?,58?,87?;;;;/m0..../s1. The molecule has 30 nitrogen and oxygen atoms in total. The Labute approximate surface area is 581 Å². The third kappa shape index (κ3) is 35.4. The Bertz CT molecular complexity index is 2170. The topological polar surface area (TPSA) is 452 Å². The van der Waals surface area contributed by atoms with Crippen LogP contribution in [0.2, 0.25) is 0 Å². The van der Waals surface area contributed by atoms with Crippen molar-refractivity contribution in [2.24, 2.45) is 23.7 Å². The van der Waals surface area contributed by atoms with E-state index in [0.717, 1.165) is 34.2 Å². The van der Waals surface area contributed by atoms with E-state index in [1.165, 1.54) is 18.9 Å². The molecule has 3 saturated heterocycles. The summed E-state index contributed by atoms with van der Waals surface area (Å²) in [5, 5.41) is 99.9. The molecule has 1 saturated carbocycles. The monoisotopic (exact) mass is 1470 g/mol. The molecule has 4 amide bonds. The molecule has 4 aliphatic rings. The van der Waals surface area contributed by atoms with Crippen molar-refractivity contribution in [1.82, 2.24) is 20.9 Å². The Kier molecular flexibility index (Phi) is 51.9. The van der Waals surface area contributed by atoms with Crippen molar-refractivity contribution in [2.75, 3.05) is 87.7 Å². The molecule has 0 spiro atoms. The van der Waals surface area contributed by atoms with Gasteiger partial charge in [-0.25, -0.2) is 6.66 Å². The fraction of sp³-hybridized carbons (Fsp3) is 0.885. The number of nitrogens with zero attached hydrogens (tertiary/aromatic N) is 1. The van der Waals surface area contributed by atoms with Gasteiger partial charge in [-0.3, -0.25) is 37.9 Å². The maximum atomic E-state index is 13.7. The summed E-state index contributed by atoms with van der Waals surface area (Å²) >= 11 is 0. The van der Waals surface area contributed by atoms with Crippen LogP contribution >= 0.6 is 15.9 Å². The quantitative estimate of drug-likeness (QED) is 0.0235. The van der Waals surface area contributed by atoms with Crippen molar-refractivity contribution in [2.45, 2.75) is 236 Å². The van der Waals surface area contributed by atoms with Gasteiger partial charge in [0.05, 0.1) is 62.9 Å². The number of likely N-dealkylation sites (tertiary alicyclic amines) is 1. The van der Waals surface area contributed by atoms with Crippen molar-refractivity contribution in [3.05, 3.63) is 6.66 Å². The number of carbonyl (C=O) groups excluding carboxylic acids is 6. The SMILES string of the molecule is CO.CO.CO.[CH2-]P(=O)(OC)OC[C@@H]1CC(O[PH](=O)OCC2C[C@@H](O)CN2C(=O)CCCCCCC(=O)[C@H](CCCCNC(=O)CCCCOC2OC(CO)C(O)C(O)C2C)NC(=O)CCCCOC2OC(CO)C(O)C(O)C2C)CC1C(=O)CCCCCNC(C)=O.[Y]. The number of rotatable bonds is 44. The number of hydrogen-bond donors (Lipinski definition) is 13. The molecular formula is C61H115N4O26P2Y-. The van der Waals surface area contributed by atoms with Crippen LogP contribution < -0.4 is 16.0 Å². The van der Waals surface area contributed by atoms with Gasteiger partial charge in [-0.15, -0.1) is 0 Å². The van der Waals surface area contributed by atoms with E-state index in [-0.39, 0.29) is 152 Å². The van der Waals surface area contributed by atoms with E-state index in [4.69, 9.17) is 52.4 Å². The fourth-order valence-corrected chi connectivity index (χ4v) is 12.7. The number of nitrogens with one attached hydrogen (secondary N) is 3. The maximum Gasteiger partial charge on any atom is 0.319 e. The summed E-state index contributed by atoms with van der Waals surface area (Å²) in [4.78, 5) is 79.1. The van der Waals surface area contributed by atoms with Gasteiger partial charge in [-0.2, -0.15) is 0 Å². The van der Waals surface area contributed by atoms with Crippen molar-refractivity contribution in [3.63, 3.8) is 0 Å². The largest absolute Gasteiger partial charge is 0.400 e. The van der Waals surface area contributed by atoms with E-state index in [0.29, 0.717) is 90.1 Å². The minimum Gasteiger partial charge on any atom is -0.400 e. The third-order valence-electron chi connectivity index (χ3n) is 16.7. The Morgan fingerprint density at radius 3 is 1.71 bits per heavy atom. The van der Waals surface area contributed by atoms with Crippen molar-refractivity contribution in [1.29, 1.82) is 0 Å². The summed E-state index contributed by atoms with van der Waals surface area (Å²) in [6, 6.07) is -1.33. The Hall–Kier alpha value is -1.94. The molecule has 3 aliphatic heterocycles. The molecule has 0 aromatic rings. The smallest absolute Gasteiger partial charge is 0.319 e. The van der Waals surface area contributed by atoms with Crippen LogP contribution in [0.25, 0.3) is 0 Å². The van der Waals surface area contributed by atoms with E-state index in [1.54, 1.807) is 13.8 Å². The molecule has 33 heteroatoms. The summed E-state index contributed by atoms with van der Waals surface area (Å²) < 4.78 is 70.1. The molecule has 4 rings (SSSR count). The molecule has 549 valence electrons. The average molecular weight is 1470 g/mol. The number of amides is 4. The summed E-state index contributed by atoms with van der Waals surface area (Å²) in [6.07, 6.45) is -0.514. The number of carbonyl (C=O) groups is 6. The van der Waals surface area contributed by atoms with Crippen LogP contribution in [0.15, 0.2) is 0 Å². The van der Waals surface area contributed by atoms with Gasteiger partial charge >= 0.3 is 8.25 Å².